The van der Waals surface area contributed by atoms with Crippen LogP contribution in [0.15, 0.2) is 26.1 Å². The number of nitrogens with zero attached hydrogens (tertiary/aromatic N) is 3. The van der Waals surface area contributed by atoms with Crippen LogP contribution in [0.25, 0.3) is 0 Å². The van der Waals surface area contributed by atoms with Crippen LogP contribution in [0, 0.1) is 0 Å². The van der Waals surface area contributed by atoms with Gasteiger partial charge in [-0.2, -0.15) is 0 Å². The quantitative estimate of drug-likeness (QED) is 0.125. The smallest absolute Gasteiger partial charge is 0.215 e. The van der Waals surface area contributed by atoms with E-state index in [4.69, 9.17) is 23.7 Å². The molecule has 3 rings (SSSR count). The van der Waals surface area contributed by atoms with Gasteiger partial charge < -0.3 is 23.3 Å². The highest BCUT2D eigenvalue weighted by molar-refractivity contribution is 9.13. The number of aromatic nitrogens is 3. The van der Waals surface area contributed by atoms with Crippen LogP contribution in [0.4, 0.5) is 0 Å². The Bertz CT molecular complexity index is 991. The molecule has 1 saturated heterocycles. The van der Waals surface area contributed by atoms with Gasteiger partial charge in [-0.3, -0.25) is 4.57 Å². The second-order valence-corrected chi connectivity index (χ2v) is 20.9. The lowest BCUT2D eigenvalue weighted by Gasteiger charge is -2.28. The lowest BCUT2D eigenvalue weighted by Crippen LogP contribution is -2.42. The zero-order valence-corrected chi connectivity index (χ0v) is 28.3. The summed E-state index contributed by atoms with van der Waals surface area (Å²) in [6, 6.07) is 2.69. The van der Waals surface area contributed by atoms with Gasteiger partial charge in [0.1, 0.15) is 44.5 Å². The normalized spacial score (nSPS) is 17.7. The molecule has 38 heavy (non-hydrogen) atoms. The maximum absolute atomic E-state index is 13.1. The average molecular weight is 699 g/mol. The third-order valence-electron chi connectivity index (χ3n) is 6.31. The van der Waals surface area contributed by atoms with Gasteiger partial charge in [0.05, 0.1) is 13.2 Å². The van der Waals surface area contributed by atoms with E-state index >= 15 is 0 Å². The number of unbranched alkanes of at least 4 members (excludes halogenated alkanes) is 2. The average Bonchev–Trinajstić information content (AvgIpc) is 3.57. The fourth-order valence-corrected chi connectivity index (χ4v) is 6.42. The zero-order valence-electron chi connectivity index (χ0n) is 23.4. The van der Waals surface area contributed by atoms with Crippen LogP contribution in [0.5, 0.6) is 0 Å². The van der Waals surface area contributed by atoms with E-state index in [2.05, 4.69) is 61.4 Å². The lowest BCUT2D eigenvalue weighted by atomic mass is 10.0. The Morgan fingerprint density at radius 1 is 1.21 bits per heavy atom. The molecule has 1 unspecified atom stereocenters. The van der Waals surface area contributed by atoms with Crippen LogP contribution in [0.3, 0.4) is 0 Å². The molecule has 0 spiro atoms. The largest absolute Gasteiger partial charge is 0.598 e. The molecule has 0 aliphatic carbocycles. The summed E-state index contributed by atoms with van der Waals surface area (Å²) in [5, 5.41) is 4.06. The number of nitrogens with one attached hydrogen (secondary N) is 1. The first-order chi connectivity index (χ1) is 17.8. The molecule has 2 aromatic rings. The van der Waals surface area contributed by atoms with Crippen molar-refractivity contribution < 1.29 is 23.3 Å². The van der Waals surface area contributed by atoms with Crippen molar-refractivity contribution in [3.05, 3.63) is 33.1 Å². The van der Waals surface area contributed by atoms with E-state index in [1.165, 1.54) is 0 Å². The fraction of sp³-hybridized carbons (Fsp3) is 0.760. The standard InChI is InChI=1S/C25H42Br2N4O5SSi/c1-24(2,3)37(32)30-19(23-28-21(26)22(27)31(23)18-33-16-17-38(4,5)6)10-8-7-9-12-25(34-14-15-35-25)20-11-13-36-29-20/h11,13,19,30H,7-10,12,14-18H2,1-6H3/t19?,37-/m1/s1. The third kappa shape index (κ3) is 9.13. The lowest BCUT2D eigenvalue weighted by molar-refractivity contribution is -0.175. The SMILES string of the molecule is CC(C)(C)[S@@+]([O-])NC(CCCCCC1(c2ccon2)OCCO1)c1nc(Br)c(Br)n1COCC[Si](C)(C)C. The van der Waals surface area contributed by atoms with Crippen molar-refractivity contribution in [1.82, 2.24) is 19.4 Å². The van der Waals surface area contributed by atoms with Crippen molar-refractivity contribution in [2.75, 3.05) is 19.8 Å². The van der Waals surface area contributed by atoms with Crippen LogP contribution in [0.1, 0.15) is 70.4 Å². The van der Waals surface area contributed by atoms with Gasteiger partial charge >= 0.3 is 0 Å². The van der Waals surface area contributed by atoms with Gasteiger partial charge in [0.2, 0.25) is 5.79 Å². The minimum absolute atomic E-state index is 0.207. The molecule has 1 aliphatic rings. The number of imidazole rings is 1. The van der Waals surface area contributed by atoms with E-state index in [-0.39, 0.29) is 6.04 Å². The first-order valence-corrected chi connectivity index (χ1v) is 19.6. The molecular formula is C25H42Br2N4O5SSi. The van der Waals surface area contributed by atoms with Crippen molar-refractivity contribution in [1.29, 1.82) is 0 Å². The summed E-state index contributed by atoms with van der Waals surface area (Å²) in [6.45, 7) is 15.1. The molecule has 0 aromatic carbocycles. The molecule has 0 radical (unpaired) electrons. The van der Waals surface area contributed by atoms with Crippen molar-refractivity contribution in [2.24, 2.45) is 0 Å². The topological polar surface area (TPSA) is 107 Å². The van der Waals surface area contributed by atoms with Crippen LogP contribution >= 0.6 is 31.9 Å². The molecule has 2 atom stereocenters. The van der Waals surface area contributed by atoms with Crippen molar-refractivity contribution >= 4 is 51.3 Å². The van der Waals surface area contributed by atoms with Gasteiger partial charge in [0.25, 0.3) is 0 Å². The van der Waals surface area contributed by atoms with Gasteiger partial charge in [-0.05, 0) is 71.5 Å². The third-order valence-corrected chi connectivity index (χ3v) is 11.5. The predicted molar refractivity (Wildman–Crippen MR) is 159 cm³/mol. The number of halogens is 2. The van der Waals surface area contributed by atoms with Gasteiger partial charge in [0, 0.05) is 38.5 Å². The molecule has 13 heteroatoms. The molecule has 0 amide bonds. The summed E-state index contributed by atoms with van der Waals surface area (Å²) in [5.74, 6) is -0.0201. The first kappa shape index (κ1) is 32.3. The van der Waals surface area contributed by atoms with Crippen LogP contribution in [-0.2, 0) is 38.1 Å². The Kier molecular flexibility index (Phi) is 12.0. The zero-order chi connectivity index (χ0) is 28.0. The molecule has 3 heterocycles. The Morgan fingerprint density at radius 2 is 1.92 bits per heavy atom. The summed E-state index contributed by atoms with van der Waals surface area (Å²) < 4.78 is 42.6. The molecule has 0 bridgehead atoms. The Labute approximate surface area is 247 Å². The molecule has 1 fully saturated rings. The van der Waals surface area contributed by atoms with Gasteiger partial charge in [0.15, 0.2) is 0 Å². The molecule has 216 valence electrons. The second kappa shape index (κ2) is 14.1. The van der Waals surface area contributed by atoms with Crippen molar-refractivity contribution in [3.63, 3.8) is 0 Å². The predicted octanol–water partition coefficient (Wildman–Crippen LogP) is 6.65. The highest BCUT2D eigenvalue weighted by Gasteiger charge is 2.40. The Balaban J connectivity index is 1.65. The molecular weight excluding hydrogens is 656 g/mol. The number of rotatable bonds is 15. The van der Waals surface area contributed by atoms with Crippen LogP contribution in [0.2, 0.25) is 25.7 Å². The maximum Gasteiger partial charge on any atom is 0.215 e. The summed E-state index contributed by atoms with van der Waals surface area (Å²) in [6.07, 6.45) is 5.76. The van der Waals surface area contributed by atoms with Crippen molar-refractivity contribution in [2.45, 2.75) is 102 Å². The van der Waals surface area contributed by atoms with Crippen LogP contribution in [-0.4, -0.2) is 51.9 Å². The highest BCUT2D eigenvalue weighted by Crippen LogP contribution is 2.36. The van der Waals surface area contributed by atoms with E-state index in [0.717, 1.165) is 42.2 Å². The monoisotopic (exact) mass is 696 g/mol. The minimum atomic E-state index is -1.26. The molecule has 1 aliphatic heterocycles. The molecule has 1 N–H and O–H groups in total. The number of hydrogen-bond donors (Lipinski definition) is 1. The van der Waals surface area contributed by atoms with Gasteiger partial charge in [-0.25, -0.2) is 4.98 Å². The molecule has 2 aromatic heterocycles. The van der Waals surface area contributed by atoms with Gasteiger partial charge in [-0.15, -0.1) is 4.72 Å². The first-order valence-electron chi connectivity index (χ1n) is 13.2. The molecule has 9 nitrogen and oxygen atoms in total. The Hall–Kier alpha value is -0.253. The maximum atomic E-state index is 13.1. The summed E-state index contributed by atoms with van der Waals surface area (Å²) >= 11 is 5.97. The summed E-state index contributed by atoms with van der Waals surface area (Å²) in [5.41, 5.74) is 0.681. The van der Waals surface area contributed by atoms with E-state index in [0.29, 0.717) is 43.3 Å². The van der Waals surface area contributed by atoms with Crippen molar-refractivity contribution in [3.8, 4) is 0 Å². The Morgan fingerprint density at radius 3 is 2.53 bits per heavy atom. The second-order valence-electron chi connectivity index (χ2n) is 11.8. The highest BCUT2D eigenvalue weighted by atomic mass is 79.9. The van der Waals surface area contributed by atoms with E-state index in [1.807, 2.05) is 25.3 Å². The number of ether oxygens (including phenoxy) is 3. The van der Waals surface area contributed by atoms with E-state index in [9.17, 15) is 4.55 Å². The molecule has 0 saturated carbocycles. The van der Waals surface area contributed by atoms with E-state index in [1.54, 1.807) is 12.3 Å². The van der Waals surface area contributed by atoms with Crippen LogP contribution < -0.4 is 4.72 Å². The van der Waals surface area contributed by atoms with Gasteiger partial charge in [-0.1, -0.05) is 37.6 Å². The minimum Gasteiger partial charge on any atom is -0.598 e. The van der Waals surface area contributed by atoms with E-state index < -0.39 is 30.0 Å². The summed E-state index contributed by atoms with van der Waals surface area (Å²) in [4.78, 5) is 4.79. The number of hydrogen-bond acceptors (Lipinski definition) is 8. The summed E-state index contributed by atoms with van der Waals surface area (Å²) in [7, 11) is -1.19. The fourth-order valence-electron chi connectivity index (χ4n) is 4.06.